The molecular weight excluding hydrogens is 304 g/mol. The van der Waals surface area contributed by atoms with E-state index in [2.05, 4.69) is 15.1 Å². The maximum atomic E-state index is 12.4. The minimum absolute atomic E-state index is 0.0238. The lowest BCUT2D eigenvalue weighted by Gasteiger charge is -2.22. The number of hydrogen-bond donors (Lipinski definition) is 0. The third kappa shape index (κ3) is 4.22. The molecule has 1 fully saturated rings. The number of aromatic nitrogens is 2. The summed E-state index contributed by atoms with van der Waals surface area (Å²) in [4.78, 5) is 16.4. The van der Waals surface area contributed by atoms with Gasteiger partial charge in [0.2, 0.25) is 0 Å². The van der Waals surface area contributed by atoms with Crippen LogP contribution in [-0.2, 0) is 4.79 Å². The van der Waals surface area contributed by atoms with Crippen molar-refractivity contribution in [1.82, 2.24) is 15.1 Å². The van der Waals surface area contributed by atoms with Crippen LogP contribution < -0.4 is 9.64 Å². The number of hydrogen-bond acceptors (Lipinski definition) is 5. The molecule has 0 N–H and O–H groups in total. The van der Waals surface area contributed by atoms with Crippen molar-refractivity contribution in [3.63, 3.8) is 0 Å². The zero-order chi connectivity index (χ0) is 16.8. The average molecular weight is 326 g/mol. The van der Waals surface area contributed by atoms with Gasteiger partial charge in [0.1, 0.15) is 5.75 Å². The molecule has 2 aromatic rings. The topological polar surface area (TPSA) is 58.6 Å². The zero-order valence-electron chi connectivity index (χ0n) is 13.9. The Kier molecular flexibility index (Phi) is 5.25. The quantitative estimate of drug-likeness (QED) is 0.859. The van der Waals surface area contributed by atoms with E-state index < -0.39 is 0 Å². The number of amides is 1. The van der Waals surface area contributed by atoms with Crippen LogP contribution in [0.1, 0.15) is 12.1 Å². The monoisotopic (exact) mass is 326 g/mol. The molecular formula is C18H22N4O2. The van der Waals surface area contributed by atoms with Crippen molar-refractivity contribution in [1.29, 1.82) is 0 Å². The highest BCUT2D eigenvalue weighted by Crippen LogP contribution is 2.14. The highest BCUT2D eigenvalue weighted by atomic mass is 16.5. The van der Waals surface area contributed by atoms with Crippen LogP contribution in [0.4, 0.5) is 5.82 Å². The van der Waals surface area contributed by atoms with Gasteiger partial charge in [0.05, 0.1) is 5.69 Å². The van der Waals surface area contributed by atoms with Gasteiger partial charge in [-0.05, 0) is 37.6 Å². The van der Waals surface area contributed by atoms with Crippen LogP contribution in [0.5, 0.6) is 5.75 Å². The van der Waals surface area contributed by atoms with Gasteiger partial charge in [-0.15, -0.1) is 5.10 Å². The predicted octanol–water partition coefficient (Wildman–Crippen LogP) is 1.90. The Balaban J connectivity index is 1.53. The van der Waals surface area contributed by atoms with E-state index in [9.17, 15) is 4.79 Å². The summed E-state index contributed by atoms with van der Waals surface area (Å²) in [5.74, 6) is 1.61. The molecule has 0 aliphatic carbocycles. The number of ether oxygens (including phenoxy) is 1. The molecule has 1 aromatic heterocycles. The van der Waals surface area contributed by atoms with E-state index in [4.69, 9.17) is 4.74 Å². The molecule has 0 atom stereocenters. The molecule has 1 aromatic carbocycles. The number of benzene rings is 1. The first kappa shape index (κ1) is 16.2. The van der Waals surface area contributed by atoms with E-state index in [-0.39, 0.29) is 12.5 Å². The van der Waals surface area contributed by atoms with Crippen LogP contribution >= 0.6 is 0 Å². The van der Waals surface area contributed by atoms with Crippen molar-refractivity contribution in [2.24, 2.45) is 0 Å². The van der Waals surface area contributed by atoms with Crippen molar-refractivity contribution >= 4 is 11.7 Å². The van der Waals surface area contributed by atoms with E-state index in [1.807, 2.05) is 54.3 Å². The summed E-state index contributed by atoms with van der Waals surface area (Å²) in [5.41, 5.74) is 0.906. The summed E-state index contributed by atoms with van der Waals surface area (Å²) in [6.45, 7) is 5.05. The molecule has 2 heterocycles. The number of carbonyl (C=O) groups is 1. The lowest BCUT2D eigenvalue weighted by molar-refractivity contribution is -0.133. The summed E-state index contributed by atoms with van der Waals surface area (Å²) in [7, 11) is 0. The number of nitrogens with zero attached hydrogens (tertiary/aromatic N) is 4. The van der Waals surface area contributed by atoms with Crippen LogP contribution in [0.3, 0.4) is 0 Å². The first-order valence-corrected chi connectivity index (χ1v) is 8.23. The molecule has 1 saturated heterocycles. The number of carbonyl (C=O) groups excluding carboxylic acids is 1. The number of aryl methyl sites for hydroxylation is 1. The summed E-state index contributed by atoms with van der Waals surface area (Å²) < 4.78 is 5.56. The van der Waals surface area contributed by atoms with Gasteiger partial charge in [-0.3, -0.25) is 4.79 Å². The van der Waals surface area contributed by atoms with Gasteiger partial charge < -0.3 is 14.5 Å². The average Bonchev–Trinajstić information content (AvgIpc) is 2.87. The van der Waals surface area contributed by atoms with E-state index in [1.54, 1.807) is 0 Å². The van der Waals surface area contributed by atoms with Gasteiger partial charge in [0.25, 0.3) is 5.91 Å². The van der Waals surface area contributed by atoms with Crippen molar-refractivity contribution < 1.29 is 9.53 Å². The summed E-state index contributed by atoms with van der Waals surface area (Å²) in [6, 6.07) is 13.4. The second-order valence-corrected chi connectivity index (χ2v) is 5.86. The van der Waals surface area contributed by atoms with Crippen molar-refractivity contribution in [3.8, 4) is 5.75 Å². The maximum Gasteiger partial charge on any atom is 0.260 e. The molecule has 0 unspecified atom stereocenters. The smallest absolute Gasteiger partial charge is 0.260 e. The van der Waals surface area contributed by atoms with E-state index in [0.29, 0.717) is 6.54 Å². The van der Waals surface area contributed by atoms with Crippen molar-refractivity contribution in [3.05, 3.63) is 48.2 Å². The van der Waals surface area contributed by atoms with E-state index >= 15 is 0 Å². The predicted molar refractivity (Wildman–Crippen MR) is 92.1 cm³/mol. The fourth-order valence-electron chi connectivity index (χ4n) is 2.71. The molecule has 0 saturated carbocycles. The number of anilines is 1. The number of rotatable bonds is 4. The number of para-hydroxylation sites is 1. The Morgan fingerprint density at radius 2 is 1.88 bits per heavy atom. The second-order valence-electron chi connectivity index (χ2n) is 5.86. The first-order chi connectivity index (χ1) is 11.7. The molecule has 6 nitrogen and oxygen atoms in total. The first-order valence-electron chi connectivity index (χ1n) is 8.23. The molecule has 126 valence electrons. The summed E-state index contributed by atoms with van der Waals surface area (Å²) in [6.07, 6.45) is 0.909. The van der Waals surface area contributed by atoms with Gasteiger partial charge in [-0.1, -0.05) is 18.2 Å². The minimum Gasteiger partial charge on any atom is -0.484 e. The molecule has 1 aliphatic rings. The Hall–Kier alpha value is -2.63. The standard InChI is InChI=1S/C18H22N4O2/c1-15-8-9-17(20-19-15)21-10-5-11-22(13-12-21)18(23)14-24-16-6-3-2-4-7-16/h2-4,6-9H,5,10-14H2,1H3. The molecule has 6 heteroatoms. The third-order valence-corrected chi connectivity index (χ3v) is 4.06. The van der Waals surface area contributed by atoms with Gasteiger partial charge in [-0.25, -0.2) is 0 Å². The largest absolute Gasteiger partial charge is 0.484 e. The molecule has 0 spiro atoms. The van der Waals surface area contributed by atoms with Crippen LogP contribution in [0.2, 0.25) is 0 Å². The summed E-state index contributed by atoms with van der Waals surface area (Å²) in [5, 5.41) is 8.35. The molecule has 0 radical (unpaired) electrons. The Bertz CT molecular complexity index is 660. The normalized spacial score (nSPS) is 15.0. The lowest BCUT2D eigenvalue weighted by atomic mass is 10.3. The minimum atomic E-state index is 0.0238. The fraction of sp³-hybridized carbons (Fsp3) is 0.389. The van der Waals surface area contributed by atoms with Crippen LogP contribution in [0.25, 0.3) is 0 Å². The van der Waals surface area contributed by atoms with E-state index in [0.717, 1.165) is 43.3 Å². The van der Waals surface area contributed by atoms with Crippen LogP contribution in [-0.4, -0.2) is 53.8 Å². The maximum absolute atomic E-state index is 12.4. The molecule has 1 aliphatic heterocycles. The van der Waals surface area contributed by atoms with Crippen molar-refractivity contribution in [2.75, 3.05) is 37.7 Å². The molecule has 3 rings (SSSR count). The Morgan fingerprint density at radius 1 is 1.04 bits per heavy atom. The third-order valence-electron chi connectivity index (χ3n) is 4.06. The fourth-order valence-corrected chi connectivity index (χ4v) is 2.71. The molecule has 1 amide bonds. The Morgan fingerprint density at radius 3 is 2.62 bits per heavy atom. The van der Waals surface area contributed by atoms with Crippen molar-refractivity contribution in [2.45, 2.75) is 13.3 Å². The molecule has 24 heavy (non-hydrogen) atoms. The molecule has 0 bridgehead atoms. The van der Waals surface area contributed by atoms with Gasteiger partial charge in [0, 0.05) is 26.2 Å². The van der Waals surface area contributed by atoms with Crippen LogP contribution in [0.15, 0.2) is 42.5 Å². The van der Waals surface area contributed by atoms with Crippen LogP contribution in [0, 0.1) is 6.92 Å². The SMILES string of the molecule is Cc1ccc(N2CCCN(C(=O)COc3ccccc3)CC2)nn1. The van der Waals surface area contributed by atoms with Gasteiger partial charge in [-0.2, -0.15) is 5.10 Å². The highest BCUT2D eigenvalue weighted by molar-refractivity contribution is 5.77. The second kappa shape index (κ2) is 7.77. The van der Waals surface area contributed by atoms with Gasteiger partial charge >= 0.3 is 0 Å². The lowest BCUT2D eigenvalue weighted by Crippen LogP contribution is -2.38. The Labute approximate surface area is 142 Å². The zero-order valence-corrected chi connectivity index (χ0v) is 13.9. The van der Waals surface area contributed by atoms with E-state index in [1.165, 1.54) is 0 Å². The highest BCUT2D eigenvalue weighted by Gasteiger charge is 2.20. The summed E-state index contributed by atoms with van der Waals surface area (Å²) >= 11 is 0. The van der Waals surface area contributed by atoms with Gasteiger partial charge in [0.15, 0.2) is 12.4 Å².